The van der Waals surface area contributed by atoms with Crippen molar-refractivity contribution in [1.29, 1.82) is 0 Å². The Morgan fingerprint density at radius 1 is 1.12 bits per heavy atom. The lowest BCUT2D eigenvalue weighted by molar-refractivity contribution is 0.446. The molecular weight excluding hydrogens is 344 g/mol. The highest BCUT2D eigenvalue weighted by atomic mass is 32.2. The second-order valence-corrected chi connectivity index (χ2v) is 9.43. The topological polar surface area (TPSA) is 49.4 Å². The number of nitrogens with zero attached hydrogens (tertiary/aromatic N) is 1. The monoisotopic (exact) mass is 368 g/mol. The molecule has 0 atom stereocenters. The van der Waals surface area contributed by atoms with Crippen molar-refractivity contribution in [1.82, 2.24) is 4.90 Å². The molecule has 4 rings (SSSR count). The molecule has 1 heterocycles. The van der Waals surface area contributed by atoms with E-state index in [-0.39, 0.29) is 0 Å². The first kappa shape index (κ1) is 17.2. The summed E-state index contributed by atoms with van der Waals surface area (Å²) in [5.41, 5.74) is 5.45. The number of hydrogen-bond acceptors (Lipinski definition) is 4. The molecule has 2 aromatic carbocycles. The van der Waals surface area contributed by atoms with Crippen LogP contribution in [-0.2, 0) is 16.4 Å². The highest BCUT2D eigenvalue weighted by Gasteiger charge is 2.23. The molecule has 26 heavy (non-hydrogen) atoms. The van der Waals surface area contributed by atoms with Crippen LogP contribution in [-0.4, -0.2) is 33.2 Å². The zero-order valence-corrected chi connectivity index (χ0v) is 16.0. The van der Waals surface area contributed by atoms with Gasteiger partial charge < -0.3 is 10.2 Å². The Kier molecular flexibility index (Phi) is 4.27. The fourth-order valence-electron chi connectivity index (χ4n) is 3.45. The second kappa shape index (κ2) is 6.47. The van der Waals surface area contributed by atoms with Gasteiger partial charge in [-0.05, 0) is 48.1 Å². The molecule has 1 saturated carbocycles. The number of benzene rings is 2. The van der Waals surface area contributed by atoms with E-state index in [4.69, 9.17) is 0 Å². The number of hydrogen-bond donors (Lipinski definition) is 1. The molecule has 0 bridgehead atoms. The van der Waals surface area contributed by atoms with Gasteiger partial charge in [0.05, 0.1) is 4.90 Å². The van der Waals surface area contributed by atoms with Crippen molar-refractivity contribution >= 4 is 21.1 Å². The zero-order chi connectivity index (χ0) is 18.3. The summed E-state index contributed by atoms with van der Waals surface area (Å²) in [7, 11) is -1.21. The van der Waals surface area contributed by atoms with Crippen molar-refractivity contribution in [3.8, 4) is 0 Å². The predicted molar refractivity (Wildman–Crippen MR) is 106 cm³/mol. The molecule has 1 N–H and O–H groups in total. The summed E-state index contributed by atoms with van der Waals surface area (Å²) in [4.78, 5) is 2.51. The molecule has 4 nitrogen and oxygen atoms in total. The SMILES string of the molecule is CN1C=C(c2cc(S(C)(=O)=O)ccc2NCC2CC2)c2ccccc2C1. The molecule has 0 spiro atoms. The first-order valence-electron chi connectivity index (χ1n) is 9.00. The van der Waals surface area contributed by atoms with Crippen LogP contribution in [0.1, 0.15) is 29.5 Å². The smallest absolute Gasteiger partial charge is 0.175 e. The van der Waals surface area contributed by atoms with E-state index < -0.39 is 9.84 Å². The van der Waals surface area contributed by atoms with Crippen LogP contribution in [0.5, 0.6) is 0 Å². The highest BCUT2D eigenvalue weighted by Crippen LogP contribution is 2.37. The van der Waals surface area contributed by atoms with Gasteiger partial charge in [0.25, 0.3) is 0 Å². The maximum absolute atomic E-state index is 12.1. The predicted octanol–water partition coefficient (Wildman–Crippen LogP) is 3.75. The lowest BCUT2D eigenvalue weighted by Crippen LogP contribution is -2.18. The van der Waals surface area contributed by atoms with Crippen LogP contribution in [0, 0.1) is 5.92 Å². The highest BCUT2D eigenvalue weighted by molar-refractivity contribution is 7.90. The molecule has 0 radical (unpaired) electrons. The molecule has 0 saturated heterocycles. The Balaban J connectivity index is 1.84. The molecule has 1 aliphatic carbocycles. The van der Waals surface area contributed by atoms with Crippen LogP contribution in [0.3, 0.4) is 0 Å². The Bertz CT molecular complexity index is 975. The molecule has 1 aliphatic heterocycles. The number of fused-ring (bicyclic) bond motifs is 1. The fraction of sp³-hybridized carbons (Fsp3) is 0.333. The zero-order valence-electron chi connectivity index (χ0n) is 15.2. The number of rotatable bonds is 5. The lowest BCUT2D eigenvalue weighted by Gasteiger charge is -2.27. The van der Waals surface area contributed by atoms with Gasteiger partial charge in [-0.25, -0.2) is 8.42 Å². The van der Waals surface area contributed by atoms with Gasteiger partial charge in [-0.1, -0.05) is 24.3 Å². The van der Waals surface area contributed by atoms with Gasteiger partial charge in [0.15, 0.2) is 9.84 Å². The summed E-state index contributed by atoms with van der Waals surface area (Å²) in [5.74, 6) is 0.743. The Labute approximate surface area is 155 Å². The van der Waals surface area contributed by atoms with E-state index in [1.807, 2.05) is 25.2 Å². The Hall–Kier alpha value is -2.27. The summed E-state index contributed by atoms with van der Waals surface area (Å²) >= 11 is 0. The summed E-state index contributed by atoms with van der Waals surface area (Å²) < 4.78 is 24.2. The molecule has 1 fully saturated rings. The van der Waals surface area contributed by atoms with Gasteiger partial charge >= 0.3 is 0 Å². The quantitative estimate of drug-likeness (QED) is 0.873. The first-order chi connectivity index (χ1) is 12.4. The van der Waals surface area contributed by atoms with Crippen LogP contribution in [0.25, 0.3) is 5.57 Å². The number of nitrogens with one attached hydrogen (secondary N) is 1. The molecule has 0 unspecified atom stereocenters. The first-order valence-corrected chi connectivity index (χ1v) is 10.9. The normalized spacial score (nSPS) is 16.8. The molecule has 0 amide bonds. The van der Waals surface area contributed by atoms with E-state index in [0.717, 1.165) is 35.8 Å². The minimum absolute atomic E-state index is 0.357. The maximum atomic E-state index is 12.1. The third-order valence-electron chi connectivity index (χ3n) is 5.06. The standard InChI is InChI=1S/C21H24N2O2S/c1-23-13-16-5-3-4-6-18(16)20(14-23)19-11-17(26(2,24)25)9-10-21(19)22-12-15-7-8-15/h3-6,9-11,14-15,22H,7-8,12-13H2,1-2H3. The van der Waals surface area contributed by atoms with Crippen molar-refractivity contribution in [3.05, 3.63) is 65.4 Å². The minimum atomic E-state index is -3.26. The van der Waals surface area contributed by atoms with E-state index >= 15 is 0 Å². The molecular formula is C21H24N2O2S. The summed E-state index contributed by atoms with van der Waals surface area (Å²) in [6.07, 6.45) is 5.93. The summed E-state index contributed by atoms with van der Waals surface area (Å²) in [6.45, 7) is 1.80. The second-order valence-electron chi connectivity index (χ2n) is 7.42. The average molecular weight is 369 g/mol. The molecule has 136 valence electrons. The Morgan fingerprint density at radius 2 is 1.88 bits per heavy atom. The van der Waals surface area contributed by atoms with Gasteiger partial charge in [0.1, 0.15) is 0 Å². The number of sulfone groups is 1. The van der Waals surface area contributed by atoms with Crippen molar-refractivity contribution in [2.45, 2.75) is 24.3 Å². The largest absolute Gasteiger partial charge is 0.384 e. The minimum Gasteiger partial charge on any atom is -0.384 e. The molecule has 2 aliphatic rings. The van der Waals surface area contributed by atoms with Gasteiger partial charge in [-0.15, -0.1) is 0 Å². The third kappa shape index (κ3) is 3.49. The van der Waals surface area contributed by atoms with Crippen molar-refractivity contribution in [3.63, 3.8) is 0 Å². The van der Waals surface area contributed by atoms with Gasteiger partial charge in [-0.2, -0.15) is 0 Å². The fourth-order valence-corrected chi connectivity index (χ4v) is 4.09. The summed E-state index contributed by atoms with van der Waals surface area (Å²) in [6, 6.07) is 13.8. The van der Waals surface area contributed by atoms with E-state index in [0.29, 0.717) is 4.90 Å². The van der Waals surface area contributed by atoms with E-state index in [1.165, 1.54) is 30.2 Å². The maximum Gasteiger partial charge on any atom is 0.175 e. The van der Waals surface area contributed by atoms with Crippen LogP contribution in [0.2, 0.25) is 0 Å². The van der Waals surface area contributed by atoms with Crippen LogP contribution >= 0.6 is 0 Å². The Morgan fingerprint density at radius 3 is 2.62 bits per heavy atom. The lowest BCUT2D eigenvalue weighted by atomic mass is 9.91. The third-order valence-corrected chi connectivity index (χ3v) is 6.17. The van der Waals surface area contributed by atoms with Gasteiger partial charge in [-0.3, -0.25) is 0 Å². The van der Waals surface area contributed by atoms with Crippen LogP contribution in [0.15, 0.2) is 53.6 Å². The van der Waals surface area contributed by atoms with Crippen LogP contribution < -0.4 is 5.32 Å². The number of anilines is 1. The van der Waals surface area contributed by atoms with Crippen molar-refractivity contribution in [2.75, 3.05) is 25.2 Å². The molecule has 0 aromatic heterocycles. The average Bonchev–Trinajstić information content (AvgIpc) is 3.42. The molecule has 5 heteroatoms. The van der Waals surface area contributed by atoms with E-state index in [1.54, 1.807) is 6.07 Å². The molecule has 2 aromatic rings. The van der Waals surface area contributed by atoms with E-state index in [2.05, 4.69) is 34.6 Å². The van der Waals surface area contributed by atoms with Crippen molar-refractivity contribution in [2.24, 2.45) is 5.92 Å². The summed E-state index contributed by atoms with van der Waals surface area (Å²) in [5, 5.41) is 3.54. The van der Waals surface area contributed by atoms with Crippen LogP contribution in [0.4, 0.5) is 5.69 Å². The van der Waals surface area contributed by atoms with E-state index in [9.17, 15) is 8.42 Å². The van der Waals surface area contributed by atoms with Gasteiger partial charge in [0.2, 0.25) is 0 Å². The van der Waals surface area contributed by atoms with Crippen molar-refractivity contribution < 1.29 is 8.42 Å². The van der Waals surface area contributed by atoms with Gasteiger partial charge in [0, 0.05) is 49.4 Å².